The molecule has 6 nitrogen and oxygen atoms in total. The van der Waals surface area contributed by atoms with Gasteiger partial charge in [0.05, 0.1) is 11.8 Å². The number of hydrogen-bond acceptors (Lipinski definition) is 4. The summed E-state index contributed by atoms with van der Waals surface area (Å²) in [4.78, 5) is 2.10. The first-order valence-corrected chi connectivity index (χ1v) is 9.08. The Morgan fingerprint density at radius 1 is 1.15 bits per heavy atom. The molecule has 0 radical (unpaired) electrons. The molecule has 2 fully saturated rings. The summed E-state index contributed by atoms with van der Waals surface area (Å²) < 4.78 is 27.6. The number of rotatable bonds is 5. The molecule has 0 aromatic heterocycles. The predicted octanol–water partition coefficient (Wildman–Crippen LogP) is 0.639. The number of nitrogens with zero attached hydrogens (tertiary/aromatic N) is 1. The van der Waals surface area contributed by atoms with Crippen LogP contribution in [0.5, 0.6) is 0 Å². The van der Waals surface area contributed by atoms with E-state index in [0.717, 1.165) is 58.0 Å². The Morgan fingerprint density at radius 3 is 2.30 bits per heavy atom. The molecule has 0 aromatic rings. The maximum atomic E-state index is 12.3. The van der Waals surface area contributed by atoms with Crippen molar-refractivity contribution in [3.63, 3.8) is 0 Å². The monoisotopic (exact) mass is 302 g/mol. The van der Waals surface area contributed by atoms with Crippen LogP contribution in [-0.4, -0.2) is 50.1 Å². The van der Waals surface area contributed by atoms with Crippen LogP contribution in [0.25, 0.3) is 0 Å². The Hall–Kier alpha value is -0.660. The first kappa shape index (κ1) is 15.7. The van der Waals surface area contributed by atoms with Crippen molar-refractivity contribution in [3.05, 3.63) is 0 Å². The number of nitrogens with one attached hydrogen (secondary N) is 2. The maximum Gasteiger partial charge on any atom is 0.214 e. The summed E-state index contributed by atoms with van der Waals surface area (Å²) in [5, 5.41) is 7.09. The normalized spacial score (nSPS) is 23.8. The molecule has 0 unspecified atom stereocenters. The molecule has 1 saturated carbocycles. The maximum absolute atomic E-state index is 12.3. The van der Waals surface area contributed by atoms with Gasteiger partial charge in [-0.3, -0.25) is 10.3 Å². The highest BCUT2D eigenvalue weighted by Gasteiger charge is 2.30. The fourth-order valence-electron chi connectivity index (χ4n) is 3.15. The average molecular weight is 302 g/mol. The molecular formula is C13H26N4O2S. The van der Waals surface area contributed by atoms with E-state index in [1.165, 1.54) is 0 Å². The molecule has 1 aliphatic carbocycles. The highest BCUT2D eigenvalue weighted by molar-refractivity contribution is 7.90. The van der Waals surface area contributed by atoms with Gasteiger partial charge < -0.3 is 5.73 Å². The fraction of sp³-hybridized carbons (Fsp3) is 0.923. The number of likely N-dealkylation sites (tertiary alicyclic amines) is 1. The summed E-state index contributed by atoms with van der Waals surface area (Å²) in [6, 6.07) is 0.0464. The summed E-state index contributed by atoms with van der Waals surface area (Å²) >= 11 is 0. The van der Waals surface area contributed by atoms with Crippen molar-refractivity contribution in [2.45, 2.75) is 56.2 Å². The molecule has 1 aliphatic heterocycles. The highest BCUT2D eigenvalue weighted by Crippen LogP contribution is 2.24. The van der Waals surface area contributed by atoms with Crippen LogP contribution in [0.15, 0.2) is 0 Å². The molecule has 1 heterocycles. The molecule has 1 saturated heterocycles. The third-order valence-corrected chi connectivity index (χ3v) is 6.31. The molecule has 0 aromatic carbocycles. The van der Waals surface area contributed by atoms with E-state index in [2.05, 4.69) is 9.62 Å². The smallest absolute Gasteiger partial charge is 0.214 e. The zero-order valence-corrected chi connectivity index (χ0v) is 12.8. The lowest BCUT2D eigenvalue weighted by molar-refractivity contribution is 0.231. The Bertz CT molecular complexity index is 424. The predicted molar refractivity (Wildman–Crippen MR) is 80.3 cm³/mol. The van der Waals surface area contributed by atoms with Gasteiger partial charge >= 0.3 is 0 Å². The van der Waals surface area contributed by atoms with E-state index in [0.29, 0.717) is 6.54 Å². The van der Waals surface area contributed by atoms with E-state index in [1.54, 1.807) is 0 Å². The van der Waals surface area contributed by atoms with Crippen LogP contribution in [-0.2, 0) is 10.0 Å². The zero-order valence-electron chi connectivity index (χ0n) is 12.0. The van der Waals surface area contributed by atoms with Crippen molar-refractivity contribution in [1.29, 1.82) is 5.41 Å². The van der Waals surface area contributed by atoms with E-state index < -0.39 is 10.0 Å². The van der Waals surface area contributed by atoms with Crippen molar-refractivity contribution in [2.75, 3.05) is 19.6 Å². The Kier molecular flexibility index (Phi) is 5.40. The van der Waals surface area contributed by atoms with Crippen LogP contribution in [0.2, 0.25) is 0 Å². The lowest BCUT2D eigenvalue weighted by atomic mass is 10.0. The van der Waals surface area contributed by atoms with Crippen LogP contribution in [0.4, 0.5) is 0 Å². The van der Waals surface area contributed by atoms with Gasteiger partial charge in [-0.25, -0.2) is 13.1 Å². The Balaban J connectivity index is 1.80. The van der Waals surface area contributed by atoms with E-state index in [-0.39, 0.29) is 17.1 Å². The average Bonchev–Trinajstić information content (AvgIpc) is 2.41. The zero-order chi connectivity index (χ0) is 14.6. The van der Waals surface area contributed by atoms with Crippen molar-refractivity contribution in [1.82, 2.24) is 9.62 Å². The molecule has 7 heteroatoms. The molecule has 0 atom stereocenters. The number of amidine groups is 1. The second kappa shape index (κ2) is 6.87. The van der Waals surface area contributed by atoms with Crippen molar-refractivity contribution in [3.8, 4) is 0 Å². The molecule has 116 valence electrons. The van der Waals surface area contributed by atoms with Crippen LogP contribution < -0.4 is 10.5 Å². The summed E-state index contributed by atoms with van der Waals surface area (Å²) in [5.41, 5.74) is 5.39. The molecule has 0 spiro atoms. The second-order valence-electron chi connectivity index (χ2n) is 6.00. The van der Waals surface area contributed by atoms with Gasteiger partial charge in [0.25, 0.3) is 0 Å². The molecule has 0 amide bonds. The van der Waals surface area contributed by atoms with E-state index in [1.807, 2.05) is 0 Å². The first-order valence-electron chi connectivity index (χ1n) is 7.54. The van der Waals surface area contributed by atoms with E-state index >= 15 is 0 Å². The van der Waals surface area contributed by atoms with Crippen LogP contribution in [0, 0.1) is 5.41 Å². The van der Waals surface area contributed by atoms with Gasteiger partial charge in [-0.1, -0.05) is 19.3 Å². The van der Waals surface area contributed by atoms with Crippen molar-refractivity contribution >= 4 is 15.9 Å². The molecule has 2 rings (SSSR count). The van der Waals surface area contributed by atoms with E-state index in [9.17, 15) is 8.42 Å². The molecule has 20 heavy (non-hydrogen) atoms. The number of nitrogens with two attached hydrogens (primary N) is 1. The third-order valence-electron chi connectivity index (χ3n) is 4.30. The first-order chi connectivity index (χ1) is 9.47. The van der Waals surface area contributed by atoms with Gasteiger partial charge in [-0.15, -0.1) is 0 Å². The summed E-state index contributed by atoms with van der Waals surface area (Å²) in [6.45, 7) is 2.09. The van der Waals surface area contributed by atoms with Gasteiger partial charge in [0.1, 0.15) is 5.84 Å². The lowest BCUT2D eigenvalue weighted by Gasteiger charge is -2.33. The highest BCUT2D eigenvalue weighted by atomic mass is 32.2. The molecule has 2 aliphatic rings. The number of piperidine rings is 1. The third kappa shape index (κ3) is 4.43. The van der Waals surface area contributed by atoms with Crippen molar-refractivity contribution in [2.24, 2.45) is 5.73 Å². The van der Waals surface area contributed by atoms with Crippen LogP contribution in [0.3, 0.4) is 0 Å². The molecule has 4 N–H and O–H groups in total. The molecule has 0 bridgehead atoms. The van der Waals surface area contributed by atoms with Gasteiger partial charge in [0.2, 0.25) is 10.0 Å². The Labute approximate surface area is 121 Å². The van der Waals surface area contributed by atoms with Gasteiger partial charge in [0.15, 0.2) is 0 Å². The summed E-state index contributed by atoms with van der Waals surface area (Å²) in [7, 11) is -3.16. The summed E-state index contributed by atoms with van der Waals surface area (Å²) in [5.74, 6) is 0.172. The summed E-state index contributed by atoms with van der Waals surface area (Å²) in [6.07, 6.45) is 6.44. The standard InChI is InChI=1S/C13H26N4O2S/c14-13(15)10-17-8-6-11(7-9-17)16-20(18,19)12-4-2-1-3-5-12/h11-12,16H,1-10H2,(H3,14,15). The number of hydrogen-bond donors (Lipinski definition) is 3. The topological polar surface area (TPSA) is 99.3 Å². The quantitative estimate of drug-likeness (QED) is 0.512. The van der Waals surface area contributed by atoms with Gasteiger partial charge in [0, 0.05) is 19.1 Å². The van der Waals surface area contributed by atoms with Gasteiger partial charge in [-0.05, 0) is 25.7 Å². The van der Waals surface area contributed by atoms with Crippen molar-refractivity contribution < 1.29 is 8.42 Å². The lowest BCUT2D eigenvalue weighted by Crippen LogP contribution is -2.48. The molecular weight excluding hydrogens is 276 g/mol. The fourth-order valence-corrected chi connectivity index (χ4v) is 5.00. The second-order valence-corrected chi connectivity index (χ2v) is 7.99. The Morgan fingerprint density at radius 2 is 1.75 bits per heavy atom. The SMILES string of the molecule is N=C(N)CN1CCC(NS(=O)(=O)C2CCCCC2)CC1. The van der Waals surface area contributed by atoms with Crippen LogP contribution in [0.1, 0.15) is 44.9 Å². The minimum Gasteiger partial charge on any atom is -0.387 e. The number of sulfonamides is 1. The van der Waals surface area contributed by atoms with Crippen LogP contribution >= 0.6 is 0 Å². The van der Waals surface area contributed by atoms with E-state index in [4.69, 9.17) is 11.1 Å². The largest absolute Gasteiger partial charge is 0.387 e. The minimum atomic E-state index is -3.16. The van der Waals surface area contributed by atoms with Gasteiger partial charge in [-0.2, -0.15) is 0 Å². The minimum absolute atomic E-state index is 0.0464.